The summed E-state index contributed by atoms with van der Waals surface area (Å²) in [7, 11) is 6.49. The summed E-state index contributed by atoms with van der Waals surface area (Å²) < 4.78 is 3.24. The molecule has 0 saturated heterocycles. The van der Waals surface area contributed by atoms with Gasteiger partial charge < -0.3 is 4.90 Å². The van der Waals surface area contributed by atoms with Gasteiger partial charge in [-0.05, 0) is 130 Å². The van der Waals surface area contributed by atoms with Crippen molar-refractivity contribution in [3.8, 4) is 11.8 Å². The fraction of sp³-hybridized carbons (Fsp3) is 0.103. The van der Waals surface area contributed by atoms with Gasteiger partial charge in [0.1, 0.15) is 5.69 Å². The van der Waals surface area contributed by atoms with E-state index < -0.39 is 0 Å². The summed E-state index contributed by atoms with van der Waals surface area (Å²) in [4.78, 5) is 2.27. The minimum Gasteiger partial charge on any atom is -0.311 e. The van der Waals surface area contributed by atoms with Crippen LogP contribution in [0.25, 0.3) is 0 Å². The summed E-state index contributed by atoms with van der Waals surface area (Å²) in [6, 6.07) is 34.1. The Hall–Kier alpha value is -2.34. The molecule has 4 aromatic rings. The molecule has 0 heterocycles. The highest BCUT2D eigenvalue weighted by atomic mass is 127. The smallest absolute Gasteiger partial charge is 0.132 e. The van der Waals surface area contributed by atoms with Crippen molar-refractivity contribution in [3.63, 3.8) is 0 Å². The minimum atomic E-state index is 0.798. The average Bonchev–Trinajstić information content (AvgIpc) is 2.81. The maximum Gasteiger partial charge on any atom is 0.132 e. The first kappa shape index (κ1) is 23.8. The zero-order chi connectivity index (χ0) is 23.4. The summed E-state index contributed by atoms with van der Waals surface area (Å²) in [5.41, 5.74) is 6.65. The fourth-order valence-electron chi connectivity index (χ4n) is 3.46. The zero-order valence-corrected chi connectivity index (χ0v) is 23.2. The van der Waals surface area contributed by atoms with E-state index in [0.29, 0.717) is 0 Å². The molecule has 0 fully saturated rings. The summed E-state index contributed by atoms with van der Waals surface area (Å²) in [6.45, 7) is 0. The quantitative estimate of drug-likeness (QED) is 0.123. The van der Waals surface area contributed by atoms with Gasteiger partial charge in [0.25, 0.3) is 0 Å². The van der Waals surface area contributed by atoms with Gasteiger partial charge in [-0.2, -0.15) is 0 Å². The van der Waals surface area contributed by atoms with E-state index >= 15 is 0 Å². The third-order valence-corrected chi connectivity index (χ3v) is 6.73. The molecule has 0 saturated carbocycles. The molecule has 0 spiro atoms. The maximum absolute atomic E-state index is 3.30. The first-order valence-corrected chi connectivity index (χ1v) is 12.8. The van der Waals surface area contributed by atoms with Gasteiger partial charge in [0, 0.05) is 47.5 Å². The SMILES string of the molecule is C[N+](C)(C)c1ccc(C#Cc2ccc(N(c3ccc(I)cc3)c3ccc(I)cc3)cc2)cc1. The molecule has 0 radical (unpaired) electrons. The van der Waals surface area contributed by atoms with Crippen LogP contribution in [0.15, 0.2) is 97.1 Å². The molecule has 4 rings (SSSR count). The normalized spacial score (nSPS) is 10.9. The Morgan fingerprint density at radius 1 is 0.515 bits per heavy atom. The number of quaternary nitrogens is 1. The molecule has 0 aliphatic carbocycles. The summed E-state index contributed by atoms with van der Waals surface area (Å²) in [6.07, 6.45) is 0. The van der Waals surface area contributed by atoms with Gasteiger partial charge in [0.05, 0.1) is 21.1 Å². The molecule has 4 aromatic carbocycles. The van der Waals surface area contributed by atoms with Crippen molar-refractivity contribution in [1.29, 1.82) is 0 Å². The Kier molecular flexibility index (Phi) is 7.42. The van der Waals surface area contributed by atoms with E-state index in [1.807, 2.05) is 0 Å². The van der Waals surface area contributed by atoms with E-state index in [0.717, 1.165) is 32.7 Å². The molecule has 33 heavy (non-hydrogen) atoms. The van der Waals surface area contributed by atoms with Crippen LogP contribution in [0.4, 0.5) is 22.7 Å². The zero-order valence-electron chi connectivity index (χ0n) is 18.9. The van der Waals surface area contributed by atoms with Gasteiger partial charge in [-0.25, -0.2) is 0 Å². The number of hydrogen-bond acceptors (Lipinski definition) is 1. The molecule has 164 valence electrons. The predicted octanol–water partition coefficient (Wildman–Crippen LogP) is 7.96. The molecule has 0 aliphatic heterocycles. The van der Waals surface area contributed by atoms with Gasteiger partial charge in [0.15, 0.2) is 0 Å². The van der Waals surface area contributed by atoms with Crippen LogP contribution in [0, 0.1) is 19.0 Å². The highest BCUT2D eigenvalue weighted by Gasteiger charge is 2.13. The van der Waals surface area contributed by atoms with E-state index in [1.165, 1.54) is 12.8 Å². The van der Waals surface area contributed by atoms with E-state index in [1.54, 1.807) is 0 Å². The average molecular weight is 655 g/mol. The Balaban J connectivity index is 1.61. The number of hydrogen-bond donors (Lipinski definition) is 0. The van der Waals surface area contributed by atoms with Crippen LogP contribution in [-0.2, 0) is 0 Å². The van der Waals surface area contributed by atoms with Crippen LogP contribution in [0.2, 0.25) is 0 Å². The van der Waals surface area contributed by atoms with E-state index in [-0.39, 0.29) is 0 Å². The van der Waals surface area contributed by atoms with Crippen LogP contribution in [0.1, 0.15) is 11.1 Å². The standard InChI is InChI=1S/C29H25I2N2/c1-33(2,3)29-20-8-23(9-21-29)5-4-22-6-14-26(15-7-22)32(27-16-10-24(30)11-17-27)28-18-12-25(31)13-19-28/h6-21H,1-3H3/q+1. The Morgan fingerprint density at radius 3 is 1.21 bits per heavy atom. The van der Waals surface area contributed by atoms with Crippen molar-refractivity contribution in [2.24, 2.45) is 0 Å². The molecule has 0 aliphatic rings. The Labute approximate surface area is 224 Å². The molecular weight excluding hydrogens is 630 g/mol. The Bertz CT molecular complexity index is 1230. The first-order valence-electron chi connectivity index (χ1n) is 10.6. The molecule has 4 heteroatoms. The maximum atomic E-state index is 3.30. The number of anilines is 3. The van der Waals surface area contributed by atoms with Crippen molar-refractivity contribution < 1.29 is 0 Å². The summed E-state index contributed by atoms with van der Waals surface area (Å²) in [5, 5.41) is 0. The van der Waals surface area contributed by atoms with Crippen molar-refractivity contribution in [2.45, 2.75) is 0 Å². The van der Waals surface area contributed by atoms with Gasteiger partial charge in [-0.3, -0.25) is 4.48 Å². The van der Waals surface area contributed by atoms with E-state index in [4.69, 9.17) is 0 Å². The van der Waals surface area contributed by atoms with Gasteiger partial charge in [-0.1, -0.05) is 11.8 Å². The lowest BCUT2D eigenvalue weighted by atomic mass is 10.1. The number of halogens is 2. The van der Waals surface area contributed by atoms with Crippen LogP contribution in [0.5, 0.6) is 0 Å². The molecule has 0 aromatic heterocycles. The lowest BCUT2D eigenvalue weighted by Gasteiger charge is -2.25. The predicted molar refractivity (Wildman–Crippen MR) is 159 cm³/mol. The van der Waals surface area contributed by atoms with Gasteiger partial charge in [-0.15, -0.1) is 0 Å². The lowest BCUT2D eigenvalue weighted by molar-refractivity contribution is 0.486. The third-order valence-electron chi connectivity index (χ3n) is 5.29. The second-order valence-electron chi connectivity index (χ2n) is 8.64. The number of benzene rings is 4. The van der Waals surface area contributed by atoms with Crippen molar-refractivity contribution in [1.82, 2.24) is 4.48 Å². The second-order valence-corrected chi connectivity index (χ2v) is 11.1. The summed E-state index contributed by atoms with van der Waals surface area (Å²) in [5.74, 6) is 6.60. The minimum absolute atomic E-state index is 0.798. The van der Waals surface area contributed by atoms with Crippen LogP contribution < -0.4 is 9.38 Å². The largest absolute Gasteiger partial charge is 0.311 e. The van der Waals surface area contributed by atoms with Gasteiger partial charge >= 0.3 is 0 Å². The van der Waals surface area contributed by atoms with E-state index in [9.17, 15) is 0 Å². The van der Waals surface area contributed by atoms with Crippen molar-refractivity contribution >= 4 is 67.9 Å². The first-order chi connectivity index (χ1) is 15.8. The van der Waals surface area contributed by atoms with E-state index in [2.05, 4.69) is 180 Å². The molecule has 0 atom stereocenters. The topological polar surface area (TPSA) is 3.24 Å². The van der Waals surface area contributed by atoms with Crippen LogP contribution >= 0.6 is 45.2 Å². The summed E-state index contributed by atoms with van der Waals surface area (Å²) >= 11 is 4.68. The second kappa shape index (κ2) is 10.3. The molecule has 0 bridgehead atoms. The van der Waals surface area contributed by atoms with Crippen molar-refractivity contribution in [3.05, 3.63) is 115 Å². The van der Waals surface area contributed by atoms with Crippen LogP contribution in [0.3, 0.4) is 0 Å². The molecule has 0 N–H and O–H groups in total. The monoisotopic (exact) mass is 655 g/mol. The number of rotatable bonds is 4. The number of nitrogens with zero attached hydrogens (tertiary/aromatic N) is 2. The van der Waals surface area contributed by atoms with Crippen LogP contribution in [-0.4, -0.2) is 21.1 Å². The van der Waals surface area contributed by atoms with Crippen molar-refractivity contribution in [2.75, 3.05) is 26.0 Å². The highest BCUT2D eigenvalue weighted by Crippen LogP contribution is 2.35. The molecular formula is C29H25I2N2+. The molecule has 2 nitrogen and oxygen atoms in total. The molecule has 0 amide bonds. The molecule has 0 unspecified atom stereocenters. The highest BCUT2D eigenvalue weighted by molar-refractivity contribution is 14.1. The fourth-order valence-corrected chi connectivity index (χ4v) is 4.18. The lowest BCUT2D eigenvalue weighted by Crippen LogP contribution is -2.34. The van der Waals surface area contributed by atoms with Gasteiger partial charge in [0.2, 0.25) is 0 Å². The third kappa shape index (κ3) is 6.17. The Morgan fingerprint density at radius 2 is 0.848 bits per heavy atom.